The van der Waals surface area contributed by atoms with Crippen LogP contribution in [-0.4, -0.2) is 25.9 Å². The third-order valence-electron chi connectivity index (χ3n) is 2.71. The largest absolute Gasteiger partial charge is 0.533 e. The van der Waals surface area contributed by atoms with E-state index in [-0.39, 0.29) is 6.61 Å². The SMILES string of the molecule is CCOC(=O)ONc1cccc(N(CCC#N)CCC#N)c1. The summed E-state index contributed by atoms with van der Waals surface area (Å²) in [4.78, 5) is 17.8. The van der Waals surface area contributed by atoms with Gasteiger partial charge in [0, 0.05) is 18.8 Å². The average molecular weight is 302 g/mol. The highest BCUT2D eigenvalue weighted by Crippen LogP contribution is 2.20. The molecule has 0 unspecified atom stereocenters. The first kappa shape index (κ1) is 17.1. The van der Waals surface area contributed by atoms with Gasteiger partial charge in [-0.3, -0.25) is 0 Å². The Balaban J connectivity index is 2.72. The first-order valence-corrected chi connectivity index (χ1v) is 6.89. The van der Waals surface area contributed by atoms with Crippen LogP contribution in [0.25, 0.3) is 0 Å². The van der Waals surface area contributed by atoms with E-state index in [1.54, 1.807) is 25.1 Å². The molecule has 0 spiro atoms. The summed E-state index contributed by atoms with van der Waals surface area (Å²) >= 11 is 0. The molecule has 22 heavy (non-hydrogen) atoms. The maximum atomic E-state index is 11.1. The molecule has 7 heteroatoms. The summed E-state index contributed by atoms with van der Waals surface area (Å²) in [6.45, 7) is 2.97. The van der Waals surface area contributed by atoms with Gasteiger partial charge in [0.05, 0.1) is 37.3 Å². The Bertz CT molecular complexity index is 545. The van der Waals surface area contributed by atoms with Crippen LogP contribution < -0.4 is 10.4 Å². The van der Waals surface area contributed by atoms with Gasteiger partial charge in [0.15, 0.2) is 0 Å². The smallest absolute Gasteiger partial charge is 0.433 e. The maximum absolute atomic E-state index is 11.1. The molecule has 116 valence electrons. The molecule has 0 aliphatic heterocycles. The van der Waals surface area contributed by atoms with Gasteiger partial charge < -0.3 is 14.5 Å². The predicted octanol–water partition coefficient (Wildman–Crippen LogP) is 2.82. The molecule has 0 amide bonds. The standard InChI is InChI=1S/C15H18N4O3/c1-2-21-15(20)22-18-13-6-3-7-14(12-13)19(10-4-8-16)11-5-9-17/h3,6-7,12,18H,2,4-5,10-11H2,1H3. The number of anilines is 2. The van der Waals surface area contributed by atoms with Crippen molar-refractivity contribution < 1.29 is 14.4 Å². The van der Waals surface area contributed by atoms with Crippen LogP contribution >= 0.6 is 0 Å². The second kappa shape index (κ2) is 9.89. The minimum atomic E-state index is -0.807. The van der Waals surface area contributed by atoms with Gasteiger partial charge in [-0.1, -0.05) is 6.07 Å². The zero-order valence-corrected chi connectivity index (χ0v) is 12.4. The van der Waals surface area contributed by atoms with Crippen molar-refractivity contribution in [1.29, 1.82) is 10.5 Å². The van der Waals surface area contributed by atoms with E-state index < -0.39 is 6.16 Å². The molecule has 0 heterocycles. The molecule has 0 saturated heterocycles. The highest BCUT2D eigenvalue weighted by molar-refractivity contribution is 5.63. The summed E-state index contributed by atoms with van der Waals surface area (Å²) in [7, 11) is 0. The average Bonchev–Trinajstić information content (AvgIpc) is 2.54. The summed E-state index contributed by atoms with van der Waals surface area (Å²) in [5.41, 5.74) is 3.92. The number of ether oxygens (including phenoxy) is 1. The molecule has 0 aliphatic carbocycles. The van der Waals surface area contributed by atoms with E-state index in [0.717, 1.165) is 5.69 Å². The molecule has 1 N–H and O–H groups in total. The Hall–Kier alpha value is -2.93. The zero-order valence-electron chi connectivity index (χ0n) is 12.4. The van der Waals surface area contributed by atoms with Gasteiger partial charge in [-0.2, -0.15) is 10.5 Å². The number of hydrogen-bond donors (Lipinski definition) is 1. The van der Waals surface area contributed by atoms with Gasteiger partial charge >= 0.3 is 6.16 Å². The molecule has 0 aromatic heterocycles. The molecule has 1 rings (SSSR count). The molecular weight excluding hydrogens is 284 g/mol. The lowest BCUT2D eigenvalue weighted by atomic mass is 10.2. The Morgan fingerprint density at radius 2 is 1.95 bits per heavy atom. The van der Waals surface area contributed by atoms with Crippen molar-refractivity contribution in [2.75, 3.05) is 30.1 Å². The van der Waals surface area contributed by atoms with Gasteiger partial charge in [0.25, 0.3) is 0 Å². The van der Waals surface area contributed by atoms with Crippen LogP contribution in [0.15, 0.2) is 24.3 Å². The first-order valence-electron chi connectivity index (χ1n) is 6.89. The fourth-order valence-corrected chi connectivity index (χ4v) is 1.75. The van der Waals surface area contributed by atoms with E-state index in [9.17, 15) is 4.79 Å². The minimum Gasteiger partial charge on any atom is -0.433 e. The molecule has 1 aromatic rings. The maximum Gasteiger partial charge on any atom is 0.533 e. The second-order valence-corrected chi connectivity index (χ2v) is 4.24. The fourth-order valence-electron chi connectivity index (χ4n) is 1.75. The minimum absolute atomic E-state index is 0.233. The van der Waals surface area contributed by atoms with E-state index in [2.05, 4.69) is 22.4 Å². The third-order valence-corrected chi connectivity index (χ3v) is 2.71. The number of carbonyl (C=O) groups is 1. The second-order valence-electron chi connectivity index (χ2n) is 4.24. The number of hydrogen-bond acceptors (Lipinski definition) is 7. The molecular formula is C15H18N4O3. The Morgan fingerprint density at radius 1 is 1.27 bits per heavy atom. The number of carbonyl (C=O) groups excluding carboxylic acids is 1. The molecule has 0 radical (unpaired) electrons. The van der Waals surface area contributed by atoms with Crippen LogP contribution in [0.3, 0.4) is 0 Å². The topological polar surface area (TPSA) is 98.4 Å². The van der Waals surface area contributed by atoms with Gasteiger partial charge in [-0.15, -0.1) is 0 Å². The van der Waals surface area contributed by atoms with E-state index in [4.69, 9.17) is 15.4 Å². The highest BCUT2D eigenvalue weighted by atomic mass is 16.8. The van der Waals surface area contributed by atoms with Crippen LogP contribution in [-0.2, 0) is 9.57 Å². The zero-order chi connectivity index (χ0) is 16.2. The van der Waals surface area contributed by atoms with Crippen molar-refractivity contribution in [3.05, 3.63) is 24.3 Å². The summed E-state index contributed by atoms with van der Waals surface area (Å²) in [6, 6.07) is 11.3. The molecule has 0 fully saturated rings. The molecule has 7 nitrogen and oxygen atoms in total. The molecule has 0 bridgehead atoms. The van der Waals surface area contributed by atoms with Crippen LogP contribution in [0.5, 0.6) is 0 Å². The Labute approximate surface area is 129 Å². The lowest BCUT2D eigenvalue weighted by Crippen LogP contribution is -2.25. The number of rotatable bonds is 8. The Kier molecular flexibility index (Phi) is 7.70. The number of nitriles is 2. The van der Waals surface area contributed by atoms with Gasteiger partial charge in [-0.05, 0) is 25.1 Å². The third kappa shape index (κ3) is 6.02. The first-order chi connectivity index (χ1) is 10.7. The number of benzene rings is 1. The summed E-state index contributed by atoms with van der Waals surface area (Å²) in [5, 5.41) is 17.4. The van der Waals surface area contributed by atoms with Crippen molar-refractivity contribution >= 4 is 17.5 Å². The quantitative estimate of drug-likeness (QED) is 0.582. The van der Waals surface area contributed by atoms with Crippen LogP contribution in [0.1, 0.15) is 19.8 Å². The predicted molar refractivity (Wildman–Crippen MR) is 80.8 cm³/mol. The van der Waals surface area contributed by atoms with Crippen molar-refractivity contribution in [1.82, 2.24) is 0 Å². The van der Waals surface area contributed by atoms with Gasteiger partial charge in [0.1, 0.15) is 0 Å². The lowest BCUT2D eigenvalue weighted by molar-refractivity contribution is 0.0762. The van der Waals surface area contributed by atoms with Crippen molar-refractivity contribution in [2.45, 2.75) is 19.8 Å². The fraction of sp³-hybridized carbons (Fsp3) is 0.400. The normalized spacial score (nSPS) is 9.23. The van der Waals surface area contributed by atoms with Crippen molar-refractivity contribution in [2.24, 2.45) is 0 Å². The van der Waals surface area contributed by atoms with Crippen molar-refractivity contribution in [3.63, 3.8) is 0 Å². The van der Waals surface area contributed by atoms with Crippen LogP contribution in [0, 0.1) is 22.7 Å². The van der Waals surface area contributed by atoms with Crippen LogP contribution in [0.4, 0.5) is 16.2 Å². The highest BCUT2D eigenvalue weighted by Gasteiger charge is 2.08. The summed E-state index contributed by atoms with van der Waals surface area (Å²) in [5.74, 6) is 0. The molecule has 0 saturated carbocycles. The van der Waals surface area contributed by atoms with Crippen LogP contribution in [0.2, 0.25) is 0 Å². The van der Waals surface area contributed by atoms with E-state index in [1.165, 1.54) is 0 Å². The van der Waals surface area contributed by atoms with Gasteiger partial charge in [-0.25, -0.2) is 10.3 Å². The summed E-state index contributed by atoms with van der Waals surface area (Å²) in [6.07, 6.45) is -0.0797. The van der Waals surface area contributed by atoms with E-state index >= 15 is 0 Å². The van der Waals surface area contributed by atoms with E-state index in [1.807, 2.05) is 11.0 Å². The van der Waals surface area contributed by atoms with E-state index in [0.29, 0.717) is 31.6 Å². The lowest BCUT2D eigenvalue weighted by Gasteiger charge is -2.23. The monoisotopic (exact) mass is 302 g/mol. The van der Waals surface area contributed by atoms with Gasteiger partial charge in [0.2, 0.25) is 0 Å². The number of nitrogens with one attached hydrogen (secondary N) is 1. The molecule has 0 aliphatic rings. The van der Waals surface area contributed by atoms with Crippen molar-refractivity contribution in [3.8, 4) is 12.1 Å². The summed E-state index contributed by atoms with van der Waals surface area (Å²) < 4.78 is 4.64. The Morgan fingerprint density at radius 3 is 2.55 bits per heavy atom. The molecule has 0 atom stereocenters. The number of nitrogens with zero attached hydrogens (tertiary/aromatic N) is 3. The molecule has 1 aromatic carbocycles.